The molecule has 3 rings (SSSR count). The minimum atomic E-state index is -4.58. The number of alkyl halides is 3. The highest BCUT2D eigenvalue weighted by Crippen LogP contribution is 2.36. The van der Waals surface area contributed by atoms with Crippen LogP contribution in [0.1, 0.15) is 37.7 Å². The third-order valence-corrected chi connectivity index (χ3v) is 4.59. The number of amides is 1. The lowest BCUT2D eigenvalue weighted by Crippen LogP contribution is -2.41. The van der Waals surface area contributed by atoms with Gasteiger partial charge in [0, 0.05) is 12.1 Å². The average Bonchev–Trinajstić information content (AvgIpc) is 3.05. The molecule has 0 atom stereocenters. The predicted molar refractivity (Wildman–Crippen MR) is 90.7 cm³/mol. The summed E-state index contributed by atoms with van der Waals surface area (Å²) in [5.41, 5.74) is -1.33. The minimum absolute atomic E-state index is 0.0251. The van der Waals surface area contributed by atoms with Gasteiger partial charge in [-0.15, -0.1) is 11.3 Å². The van der Waals surface area contributed by atoms with E-state index in [1.165, 1.54) is 16.2 Å². The molecule has 0 unspecified atom stereocenters. The van der Waals surface area contributed by atoms with Gasteiger partial charge in [-0.2, -0.15) is 13.2 Å². The van der Waals surface area contributed by atoms with Gasteiger partial charge in [-0.05, 0) is 38.6 Å². The molecule has 0 aromatic carbocycles. The molecule has 1 aliphatic rings. The number of hydrogen-bond donors (Lipinski definition) is 0. The third-order valence-electron chi connectivity index (χ3n) is 3.73. The zero-order chi connectivity index (χ0) is 19.1. The van der Waals surface area contributed by atoms with E-state index in [4.69, 9.17) is 4.74 Å². The number of rotatable bonds is 1. The molecule has 0 fully saturated rings. The summed E-state index contributed by atoms with van der Waals surface area (Å²) in [7, 11) is 0. The molecule has 1 aliphatic heterocycles. The molecule has 140 valence electrons. The maximum absolute atomic E-state index is 13.5. The first kappa shape index (κ1) is 18.6. The van der Waals surface area contributed by atoms with E-state index >= 15 is 0 Å². The first-order valence-corrected chi connectivity index (χ1v) is 8.91. The molecule has 0 bridgehead atoms. The Morgan fingerprint density at radius 2 is 2.00 bits per heavy atom. The van der Waals surface area contributed by atoms with Crippen LogP contribution in [0.5, 0.6) is 0 Å². The molecule has 3 heterocycles. The molecule has 0 spiro atoms. The van der Waals surface area contributed by atoms with E-state index in [0.29, 0.717) is 4.88 Å². The first-order chi connectivity index (χ1) is 12.0. The van der Waals surface area contributed by atoms with Gasteiger partial charge in [-0.1, -0.05) is 6.07 Å². The Morgan fingerprint density at radius 3 is 2.58 bits per heavy atom. The molecule has 1 amide bonds. The van der Waals surface area contributed by atoms with E-state index in [-0.39, 0.29) is 36.6 Å². The molecule has 0 saturated heterocycles. The summed E-state index contributed by atoms with van der Waals surface area (Å²) in [6.45, 7) is 5.31. The van der Waals surface area contributed by atoms with Crippen molar-refractivity contribution >= 4 is 17.4 Å². The highest BCUT2D eigenvalue weighted by atomic mass is 32.1. The lowest BCUT2D eigenvalue weighted by Gasteiger charge is -2.31. The second kappa shape index (κ2) is 6.53. The van der Waals surface area contributed by atoms with Crippen molar-refractivity contribution in [2.24, 2.45) is 0 Å². The van der Waals surface area contributed by atoms with Gasteiger partial charge in [0.1, 0.15) is 5.60 Å². The van der Waals surface area contributed by atoms with Crippen LogP contribution in [0.3, 0.4) is 0 Å². The van der Waals surface area contributed by atoms with Crippen molar-refractivity contribution in [3.8, 4) is 10.7 Å². The average molecular weight is 385 g/mol. The molecule has 0 radical (unpaired) electrons. The van der Waals surface area contributed by atoms with E-state index in [0.717, 1.165) is 0 Å². The van der Waals surface area contributed by atoms with Crippen LogP contribution < -0.4 is 0 Å². The lowest BCUT2D eigenvalue weighted by atomic mass is 10.0. The van der Waals surface area contributed by atoms with Crippen LogP contribution in [0.4, 0.5) is 18.0 Å². The molecular formula is C17H18F3N3O2S. The second-order valence-corrected chi connectivity index (χ2v) is 7.90. The fraction of sp³-hybridized carbons (Fsp3) is 0.471. The summed E-state index contributed by atoms with van der Waals surface area (Å²) in [6, 6.07) is 3.39. The number of fused-ring (bicyclic) bond motifs is 1. The van der Waals surface area contributed by atoms with Crippen LogP contribution in [0.15, 0.2) is 17.5 Å². The Hall–Kier alpha value is -2.16. The quantitative estimate of drug-likeness (QED) is 0.724. The second-order valence-electron chi connectivity index (χ2n) is 6.95. The molecule has 9 heteroatoms. The SMILES string of the molecule is CC(C)(C)OC(=O)N1CCc2c(nc(-c3cccs3)nc2C(F)(F)F)C1. The maximum atomic E-state index is 13.5. The van der Waals surface area contributed by atoms with Crippen molar-refractivity contribution < 1.29 is 22.7 Å². The van der Waals surface area contributed by atoms with Crippen molar-refractivity contribution in [1.82, 2.24) is 14.9 Å². The van der Waals surface area contributed by atoms with Gasteiger partial charge in [0.05, 0.1) is 17.1 Å². The van der Waals surface area contributed by atoms with E-state index in [9.17, 15) is 18.0 Å². The normalized spacial score (nSPS) is 14.9. The van der Waals surface area contributed by atoms with Gasteiger partial charge in [0.15, 0.2) is 11.5 Å². The topological polar surface area (TPSA) is 55.3 Å². The Balaban J connectivity index is 1.98. The molecule has 5 nitrogen and oxygen atoms in total. The van der Waals surface area contributed by atoms with Crippen molar-refractivity contribution in [1.29, 1.82) is 0 Å². The van der Waals surface area contributed by atoms with Gasteiger partial charge in [0.2, 0.25) is 0 Å². The van der Waals surface area contributed by atoms with E-state index in [1.54, 1.807) is 38.3 Å². The predicted octanol–water partition coefficient (Wildman–Crippen LogP) is 4.52. The highest BCUT2D eigenvalue weighted by Gasteiger charge is 2.39. The molecular weight excluding hydrogens is 367 g/mol. The van der Waals surface area contributed by atoms with Gasteiger partial charge < -0.3 is 9.64 Å². The number of carbonyl (C=O) groups is 1. The van der Waals surface area contributed by atoms with Crippen molar-refractivity contribution in [2.75, 3.05) is 6.54 Å². The Labute approximate surface area is 152 Å². The smallest absolute Gasteiger partial charge is 0.433 e. The number of hydrogen-bond acceptors (Lipinski definition) is 5. The number of carbonyl (C=O) groups excluding carboxylic acids is 1. The summed E-state index contributed by atoms with van der Waals surface area (Å²) >= 11 is 1.26. The maximum Gasteiger partial charge on any atom is 0.433 e. The monoisotopic (exact) mass is 385 g/mol. The van der Waals surface area contributed by atoms with Crippen LogP contribution in [-0.2, 0) is 23.9 Å². The van der Waals surface area contributed by atoms with Crippen LogP contribution in [0, 0.1) is 0 Å². The largest absolute Gasteiger partial charge is 0.444 e. The summed E-state index contributed by atoms with van der Waals surface area (Å²) in [6.07, 6.45) is -5.10. The van der Waals surface area contributed by atoms with Gasteiger partial charge in [-0.3, -0.25) is 0 Å². The Morgan fingerprint density at radius 1 is 1.27 bits per heavy atom. The molecule has 0 saturated carbocycles. The number of ether oxygens (including phenoxy) is 1. The van der Waals surface area contributed by atoms with Crippen molar-refractivity contribution in [3.63, 3.8) is 0 Å². The van der Waals surface area contributed by atoms with Gasteiger partial charge >= 0.3 is 12.3 Å². The molecule has 0 aliphatic carbocycles. The number of thiophene rings is 1. The summed E-state index contributed by atoms with van der Waals surface area (Å²) < 4.78 is 45.8. The van der Waals surface area contributed by atoms with Gasteiger partial charge in [-0.25, -0.2) is 14.8 Å². The van der Waals surface area contributed by atoms with E-state index < -0.39 is 23.6 Å². The number of halogens is 3. The van der Waals surface area contributed by atoms with Crippen LogP contribution in [0.2, 0.25) is 0 Å². The van der Waals surface area contributed by atoms with Crippen molar-refractivity contribution in [3.05, 3.63) is 34.5 Å². The van der Waals surface area contributed by atoms with E-state index in [2.05, 4.69) is 9.97 Å². The number of aromatic nitrogens is 2. The summed E-state index contributed by atoms with van der Waals surface area (Å²) in [4.78, 5) is 22.3. The van der Waals surface area contributed by atoms with Crippen LogP contribution in [0.25, 0.3) is 10.7 Å². The Bertz CT molecular complexity index is 814. The molecule has 2 aromatic rings. The van der Waals surface area contributed by atoms with Crippen LogP contribution in [-0.4, -0.2) is 33.1 Å². The minimum Gasteiger partial charge on any atom is -0.444 e. The number of nitrogens with zero attached hydrogens (tertiary/aromatic N) is 3. The fourth-order valence-electron chi connectivity index (χ4n) is 2.66. The first-order valence-electron chi connectivity index (χ1n) is 8.03. The van der Waals surface area contributed by atoms with Crippen molar-refractivity contribution in [2.45, 2.75) is 45.5 Å². The zero-order valence-electron chi connectivity index (χ0n) is 14.6. The van der Waals surface area contributed by atoms with Gasteiger partial charge in [0.25, 0.3) is 0 Å². The zero-order valence-corrected chi connectivity index (χ0v) is 15.4. The van der Waals surface area contributed by atoms with Crippen LogP contribution >= 0.6 is 11.3 Å². The fourth-order valence-corrected chi connectivity index (χ4v) is 3.32. The standard InChI is InChI=1S/C17H18F3N3O2S/c1-16(2,3)25-15(24)23-7-6-10-11(9-23)21-14(12-5-4-8-26-12)22-13(10)17(18,19)20/h4-5,8H,6-7,9H2,1-3H3. The molecule has 0 N–H and O–H groups in total. The molecule has 26 heavy (non-hydrogen) atoms. The van der Waals surface area contributed by atoms with E-state index in [1.807, 2.05) is 0 Å². The summed E-state index contributed by atoms with van der Waals surface area (Å²) in [5, 5.41) is 1.75. The summed E-state index contributed by atoms with van der Waals surface area (Å²) in [5.74, 6) is 0.0251. The third kappa shape index (κ3) is 3.98. The Kier molecular flexibility index (Phi) is 4.68. The molecule has 2 aromatic heterocycles. The lowest BCUT2D eigenvalue weighted by molar-refractivity contribution is -0.142. The highest BCUT2D eigenvalue weighted by molar-refractivity contribution is 7.13.